The van der Waals surface area contributed by atoms with Gasteiger partial charge in [-0.25, -0.2) is 4.98 Å². The number of nitrogens with one attached hydrogen (secondary N) is 2. The van der Waals surface area contributed by atoms with Crippen molar-refractivity contribution < 1.29 is 0 Å². The van der Waals surface area contributed by atoms with Crippen LogP contribution in [-0.2, 0) is 0 Å². The van der Waals surface area contributed by atoms with Gasteiger partial charge in [-0.05, 0) is 37.2 Å². The molecule has 226 valence electrons. The maximum Gasteiger partial charge on any atom is 0.138 e. The van der Waals surface area contributed by atoms with E-state index in [0.717, 1.165) is 33.6 Å². The lowest BCUT2D eigenvalue weighted by Crippen LogP contribution is -2.19. The number of fused-ring (bicyclic) bond motifs is 1. The summed E-state index contributed by atoms with van der Waals surface area (Å²) in [6, 6.07) is 2.71. The maximum absolute atomic E-state index is 6.37. The third-order valence-electron chi connectivity index (χ3n) is 10.1. The lowest BCUT2D eigenvalue weighted by Gasteiger charge is -2.25. The van der Waals surface area contributed by atoms with E-state index in [1.54, 1.807) is 0 Å². The Hall–Kier alpha value is -1.22. The number of aromatic amines is 1. The molecule has 4 rings (SSSR count). The Kier molecular flexibility index (Phi) is 15.1. The number of hydrogen-bond acceptors (Lipinski definition) is 2. The fraction of sp³-hybridized carbons (Fsp3) is 0.806. The van der Waals surface area contributed by atoms with Crippen LogP contribution in [0.5, 0.6) is 0 Å². The van der Waals surface area contributed by atoms with Crippen molar-refractivity contribution in [1.29, 1.82) is 0 Å². The number of halogens is 1. The number of pyridine rings is 1. The molecule has 0 aliphatic heterocycles. The summed E-state index contributed by atoms with van der Waals surface area (Å²) in [6.07, 6.45) is 41.4. The molecule has 2 atom stereocenters. The van der Waals surface area contributed by atoms with Gasteiger partial charge in [-0.3, -0.25) is 0 Å². The largest absolute Gasteiger partial charge is 0.381 e. The monoisotopic (exact) mass is 569 g/mol. The molecule has 0 radical (unpaired) electrons. The number of nitrogens with zero attached hydrogens (tertiary/aromatic N) is 1. The van der Waals surface area contributed by atoms with Gasteiger partial charge in [0.1, 0.15) is 5.65 Å². The second-order valence-electron chi connectivity index (χ2n) is 13.5. The molecule has 2 fully saturated rings. The van der Waals surface area contributed by atoms with Crippen molar-refractivity contribution in [3.05, 3.63) is 23.5 Å². The van der Waals surface area contributed by atoms with E-state index < -0.39 is 0 Å². The zero-order valence-electron chi connectivity index (χ0n) is 25.7. The van der Waals surface area contributed by atoms with Gasteiger partial charge in [0.2, 0.25) is 0 Å². The van der Waals surface area contributed by atoms with E-state index in [-0.39, 0.29) is 0 Å². The van der Waals surface area contributed by atoms with E-state index >= 15 is 0 Å². The molecule has 0 amide bonds. The molecule has 2 heterocycles. The van der Waals surface area contributed by atoms with Crippen LogP contribution in [0.2, 0.25) is 5.02 Å². The summed E-state index contributed by atoms with van der Waals surface area (Å²) in [5.41, 5.74) is 1.99. The van der Waals surface area contributed by atoms with Crippen LogP contribution in [-0.4, -0.2) is 16.0 Å². The summed E-state index contributed by atoms with van der Waals surface area (Å²) < 4.78 is 0. The lowest BCUT2D eigenvalue weighted by atomic mass is 9.82. The molecule has 2 aromatic heterocycles. The van der Waals surface area contributed by atoms with Gasteiger partial charge < -0.3 is 10.3 Å². The van der Waals surface area contributed by atoms with E-state index in [1.165, 1.54) is 167 Å². The smallest absolute Gasteiger partial charge is 0.138 e. The molecule has 3 nitrogen and oxygen atoms in total. The fourth-order valence-corrected chi connectivity index (χ4v) is 7.82. The Balaban J connectivity index is 1.27. The Morgan fingerprint density at radius 3 is 1.57 bits per heavy atom. The molecule has 0 spiro atoms. The Morgan fingerprint density at radius 2 is 1.05 bits per heavy atom. The molecule has 2 aromatic rings. The normalized spacial score (nSPS) is 25.1. The highest BCUT2D eigenvalue weighted by Gasteiger charge is 2.18. The van der Waals surface area contributed by atoms with Crippen molar-refractivity contribution in [2.24, 2.45) is 11.8 Å². The van der Waals surface area contributed by atoms with Gasteiger partial charge >= 0.3 is 0 Å². The minimum Gasteiger partial charge on any atom is -0.381 e. The third-order valence-corrected chi connectivity index (χ3v) is 10.4. The van der Waals surface area contributed by atoms with E-state index in [2.05, 4.69) is 21.4 Å². The van der Waals surface area contributed by atoms with Crippen LogP contribution >= 0.6 is 11.6 Å². The van der Waals surface area contributed by atoms with Crippen molar-refractivity contribution in [3.8, 4) is 0 Å². The topological polar surface area (TPSA) is 40.7 Å². The minimum atomic E-state index is 0.542. The molecule has 2 N–H and O–H groups in total. The maximum atomic E-state index is 6.37. The predicted molar refractivity (Wildman–Crippen MR) is 176 cm³/mol. The second kappa shape index (κ2) is 19.1. The van der Waals surface area contributed by atoms with Gasteiger partial charge in [-0.2, -0.15) is 0 Å². The van der Waals surface area contributed by atoms with Crippen molar-refractivity contribution in [3.63, 3.8) is 0 Å². The van der Waals surface area contributed by atoms with E-state index in [9.17, 15) is 0 Å². The molecule has 40 heavy (non-hydrogen) atoms. The van der Waals surface area contributed by atoms with Crippen molar-refractivity contribution in [2.75, 3.05) is 5.32 Å². The Bertz CT molecular complexity index is 908. The zero-order valence-corrected chi connectivity index (χ0v) is 26.4. The van der Waals surface area contributed by atoms with Gasteiger partial charge in [0.25, 0.3) is 0 Å². The number of aromatic nitrogens is 2. The average Bonchev–Trinajstić information content (AvgIpc) is 3.33. The van der Waals surface area contributed by atoms with Gasteiger partial charge in [0.15, 0.2) is 0 Å². The molecule has 0 aromatic carbocycles. The fourth-order valence-electron chi connectivity index (χ4n) is 7.62. The van der Waals surface area contributed by atoms with E-state index in [1.807, 2.05) is 12.4 Å². The van der Waals surface area contributed by atoms with Crippen LogP contribution in [0.3, 0.4) is 0 Å². The summed E-state index contributed by atoms with van der Waals surface area (Å²) in [5, 5.41) is 5.63. The van der Waals surface area contributed by atoms with Crippen LogP contribution in [0.1, 0.15) is 167 Å². The quantitative estimate of drug-likeness (QED) is 0.384. The van der Waals surface area contributed by atoms with E-state index in [4.69, 9.17) is 11.6 Å². The van der Waals surface area contributed by atoms with Crippen molar-refractivity contribution >= 4 is 28.3 Å². The number of hydrogen-bond donors (Lipinski definition) is 2. The molecule has 2 aliphatic rings. The highest BCUT2D eigenvalue weighted by atomic mass is 35.5. The second-order valence-corrected chi connectivity index (χ2v) is 13.9. The summed E-state index contributed by atoms with van der Waals surface area (Å²) in [4.78, 5) is 7.75. The first kappa shape index (κ1) is 31.7. The third kappa shape index (κ3) is 11.9. The minimum absolute atomic E-state index is 0.542. The Labute approximate surface area is 251 Å². The molecule has 2 aliphatic carbocycles. The van der Waals surface area contributed by atoms with Crippen LogP contribution in [0, 0.1) is 11.8 Å². The van der Waals surface area contributed by atoms with Crippen LogP contribution in [0.15, 0.2) is 18.5 Å². The van der Waals surface area contributed by atoms with E-state index in [0.29, 0.717) is 6.04 Å². The van der Waals surface area contributed by atoms with Gasteiger partial charge in [0, 0.05) is 17.6 Å². The molecule has 0 bridgehead atoms. The first-order valence-corrected chi connectivity index (χ1v) is 18.0. The molecule has 2 unspecified atom stereocenters. The first-order valence-electron chi connectivity index (χ1n) is 17.7. The molecule has 2 saturated carbocycles. The molecular weight excluding hydrogens is 510 g/mol. The first-order chi connectivity index (χ1) is 19.8. The number of rotatable bonds is 4. The predicted octanol–water partition coefficient (Wildman–Crippen LogP) is 12.4. The summed E-state index contributed by atoms with van der Waals surface area (Å²) >= 11 is 6.37. The molecule has 0 saturated heterocycles. The van der Waals surface area contributed by atoms with Gasteiger partial charge in [0.05, 0.1) is 16.9 Å². The highest BCUT2D eigenvalue weighted by Crippen LogP contribution is 2.32. The average molecular weight is 570 g/mol. The van der Waals surface area contributed by atoms with Crippen molar-refractivity contribution in [1.82, 2.24) is 9.97 Å². The standard InChI is InChI=1S/C36H60ClN3/c37-35-29-39-36-34(35)27-33(28-38-36)40-32-24-17-13-9-12-16-22-31(23-18-19-25-32)26-30-20-14-10-7-5-3-1-2-4-6-8-11-15-21-30/h27-32,40H,1-26H2,(H,38,39). The molecular formula is C36H60ClN3. The summed E-state index contributed by atoms with van der Waals surface area (Å²) in [6.45, 7) is 0. The van der Waals surface area contributed by atoms with Crippen molar-refractivity contribution in [2.45, 2.75) is 173 Å². The van der Waals surface area contributed by atoms with Crippen LogP contribution in [0.25, 0.3) is 11.0 Å². The SMILES string of the molecule is Clc1c[nH]c2ncc(NC3CCCCCCCC(CC4CCCCCCCCCCCCCC4)CCCC3)cc12. The van der Waals surface area contributed by atoms with Gasteiger partial charge in [-0.15, -0.1) is 0 Å². The van der Waals surface area contributed by atoms with Crippen LogP contribution in [0.4, 0.5) is 5.69 Å². The highest BCUT2D eigenvalue weighted by molar-refractivity contribution is 6.35. The van der Waals surface area contributed by atoms with Crippen LogP contribution < -0.4 is 5.32 Å². The summed E-state index contributed by atoms with van der Waals surface area (Å²) in [7, 11) is 0. The number of H-pyrrole nitrogens is 1. The number of anilines is 1. The molecule has 4 heteroatoms. The van der Waals surface area contributed by atoms with Gasteiger partial charge in [-0.1, -0.05) is 159 Å². The summed E-state index contributed by atoms with van der Waals surface area (Å²) in [5.74, 6) is 1.95. The Morgan fingerprint density at radius 1 is 0.625 bits per heavy atom. The lowest BCUT2D eigenvalue weighted by molar-refractivity contribution is 0.282. The zero-order chi connectivity index (χ0) is 27.7.